The molecule has 1 aromatic carbocycles. The number of rotatable bonds is 4. The number of nitrogens with zero attached hydrogens (tertiary/aromatic N) is 3. The van der Waals surface area contributed by atoms with Crippen LogP contribution < -0.4 is 10.6 Å². The van der Waals surface area contributed by atoms with Crippen LogP contribution in [0, 0.1) is 6.92 Å². The smallest absolute Gasteiger partial charge is 0.128 e. The first-order chi connectivity index (χ1) is 10.2. The van der Waals surface area contributed by atoms with Gasteiger partial charge in [-0.25, -0.2) is 4.98 Å². The third-order valence-electron chi connectivity index (χ3n) is 4.33. The Bertz CT molecular complexity index is 617. The van der Waals surface area contributed by atoms with Crippen molar-refractivity contribution >= 4 is 5.69 Å². The van der Waals surface area contributed by atoms with Crippen LogP contribution in [0.15, 0.2) is 30.6 Å². The first-order valence-corrected chi connectivity index (χ1v) is 7.77. The molecule has 0 saturated heterocycles. The van der Waals surface area contributed by atoms with Crippen molar-refractivity contribution in [2.45, 2.75) is 45.8 Å². The minimum atomic E-state index is 0.234. The average Bonchev–Trinajstić information content (AvgIpc) is 2.94. The summed E-state index contributed by atoms with van der Waals surface area (Å²) >= 11 is 0. The highest BCUT2D eigenvalue weighted by molar-refractivity contribution is 5.55. The van der Waals surface area contributed by atoms with Crippen molar-refractivity contribution in [3.8, 4) is 0 Å². The van der Waals surface area contributed by atoms with Gasteiger partial charge in [-0.05, 0) is 31.4 Å². The highest BCUT2D eigenvalue weighted by Crippen LogP contribution is 2.26. The molecule has 1 aliphatic rings. The summed E-state index contributed by atoms with van der Waals surface area (Å²) in [6.07, 6.45) is 5.91. The van der Waals surface area contributed by atoms with E-state index in [1.807, 2.05) is 6.20 Å². The van der Waals surface area contributed by atoms with E-state index in [2.05, 4.69) is 52.7 Å². The minimum absolute atomic E-state index is 0.234. The molecule has 1 atom stereocenters. The van der Waals surface area contributed by atoms with Crippen molar-refractivity contribution in [1.82, 2.24) is 9.55 Å². The summed E-state index contributed by atoms with van der Waals surface area (Å²) in [6, 6.07) is 6.95. The molecule has 2 N–H and O–H groups in total. The van der Waals surface area contributed by atoms with Crippen molar-refractivity contribution in [3.05, 3.63) is 47.5 Å². The van der Waals surface area contributed by atoms with Crippen LogP contribution in [0.4, 0.5) is 5.69 Å². The molecule has 3 rings (SSSR count). The van der Waals surface area contributed by atoms with E-state index in [4.69, 9.17) is 5.73 Å². The third kappa shape index (κ3) is 2.95. The summed E-state index contributed by atoms with van der Waals surface area (Å²) in [4.78, 5) is 6.88. The molecule has 0 bridgehead atoms. The van der Waals surface area contributed by atoms with Gasteiger partial charge in [0, 0.05) is 37.2 Å². The Hall–Kier alpha value is -1.81. The van der Waals surface area contributed by atoms with E-state index in [1.165, 1.54) is 16.8 Å². The lowest BCUT2D eigenvalue weighted by Crippen LogP contribution is -2.34. The van der Waals surface area contributed by atoms with E-state index in [-0.39, 0.29) is 6.04 Å². The molecule has 2 heterocycles. The number of benzene rings is 1. The normalized spacial score (nSPS) is 15.9. The lowest BCUT2D eigenvalue weighted by molar-refractivity contribution is 0.556. The largest absolute Gasteiger partial charge is 0.362 e. The van der Waals surface area contributed by atoms with Crippen LogP contribution in [-0.2, 0) is 19.5 Å². The topological polar surface area (TPSA) is 47.1 Å². The zero-order valence-corrected chi connectivity index (χ0v) is 12.9. The number of imidazole rings is 1. The standard InChI is InChI=1S/C17H24N4/c1-3-15(18)11-14-10-13(2)4-5-16(14)21-9-8-20-7-6-19-17(20)12-21/h4-7,10,15H,3,8-9,11-12,18H2,1-2H3. The summed E-state index contributed by atoms with van der Waals surface area (Å²) < 4.78 is 2.24. The quantitative estimate of drug-likeness (QED) is 0.938. The van der Waals surface area contributed by atoms with Crippen LogP contribution in [0.2, 0.25) is 0 Å². The van der Waals surface area contributed by atoms with Gasteiger partial charge < -0.3 is 15.2 Å². The van der Waals surface area contributed by atoms with Crippen molar-refractivity contribution in [2.24, 2.45) is 5.73 Å². The predicted molar refractivity (Wildman–Crippen MR) is 86.4 cm³/mol. The second-order valence-corrected chi connectivity index (χ2v) is 5.96. The second-order valence-electron chi connectivity index (χ2n) is 5.96. The molecule has 1 unspecified atom stereocenters. The van der Waals surface area contributed by atoms with Crippen LogP contribution in [0.25, 0.3) is 0 Å². The molecular formula is C17H24N4. The van der Waals surface area contributed by atoms with Gasteiger partial charge in [0.15, 0.2) is 0 Å². The zero-order chi connectivity index (χ0) is 14.8. The molecule has 1 aromatic heterocycles. The van der Waals surface area contributed by atoms with Crippen LogP contribution in [0.3, 0.4) is 0 Å². The van der Waals surface area contributed by atoms with Gasteiger partial charge in [-0.2, -0.15) is 0 Å². The molecule has 0 fully saturated rings. The highest BCUT2D eigenvalue weighted by atomic mass is 15.2. The summed E-state index contributed by atoms with van der Waals surface area (Å²) in [6.45, 7) is 7.21. The van der Waals surface area contributed by atoms with Gasteiger partial charge in [0.05, 0.1) is 6.54 Å². The number of hydrogen-bond donors (Lipinski definition) is 1. The summed E-state index contributed by atoms with van der Waals surface area (Å²) in [5.74, 6) is 1.15. The van der Waals surface area contributed by atoms with E-state index in [0.29, 0.717) is 0 Å². The van der Waals surface area contributed by atoms with Crippen molar-refractivity contribution in [1.29, 1.82) is 0 Å². The number of fused-ring (bicyclic) bond motifs is 1. The van der Waals surface area contributed by atoms with E-state index < -0.39 is 0 Å². The number of nitrogens with two attached hydrogens (primary N) is 1. The van der Waals surface area contributed by atoms with Crippen molar-refractivity contribution < 1.29 is 0 Å². The van der Waals surface area contributed by atoms with E-state index >= 15 is 0 Å². The molecule has 21 heavy (non-hydrogen) atoms. The summed E-state index contributed by atoms with van der Waals surface area (Å²) in [5.41, 5.74) is 10.2. The Kier molecular flexibility index (Phi) is 3.97. The molecule has 0 spiro atoms. The molecule has 0 saturated carbocycles. The van der Waals surface area contributed by atoms with Gasteiger partial charge in [-0.15, -0.1) is 0 Å². The molecule has 1 aliphatic heterocycles. The SMILES string of the molecule is CCC(N)Cc1cc(C)ccc1N1CCn2ccnc2C1. The minimum Gasteiger partial charge on any atom is -0.362 e. The van der Waals surface area contributed by atoms with Gasteiger partial charge in [-0.3, -0.25) is 0 Å². The maximum atomic E-state index is 6.18. The van der Waals surface area contributed by atoms with E-state index in [9.17, 15) is 0 Å². The van der Waals surface area contributed by atoms with Gasteiger partial charge in [0.1, 0.15) is 5.82 Å². The zero-order valence-electron chi connectivity index (χ0n) is 12.9. The maximum absolute atomic E-state index is 6.18. The predicted octanol–water partition coefficient (Wildman–Crippen LogP) is 2.49. The molecule has 0 radical (unpaired) electrons. The molecule has 2 aromatic rings. The van der Waals surface area contributed by atoms with E-state index in [0.717, 1.165) is 38.3 Å². The molecule has 4 nitrogen and oxygen atoms in total. The number of anilines is 1. The Labute approximate surface area is 126 Å². The van der Waals surface area contributed by atoms with Crippen LogP contribution in [0.5, 0.6) is 0 Å². The first-order valence-electron chi connectivity index (χ1n) is 7.77. The lowest BCUT2D eigenvalue weighted by Gasteiger charge is -2.32. The fraction of sp³-hybridized carbons (Fsp3) is 0.471. The van der Waals surface area contributed by atoms with Crippen LogP contribution >= 0.6 is 0 Å². The maximum Gasteiger partial charge on any atom is 0.128 e. The van der Waals surface area contributed by atoms with Crippen LogP contribution in [-0.4, -0.2) is 22.1 Å². The fourth-order valence-corrected chi connectivity index (χ4v) is 2.99. The Morgan fingerprint density at radius 1 is 1.33 bits per heavy atom. The second kappa shape index (κ2) is 5.90. The molecule has 0 aliphatic carbocycles. The third-order valence-corrected chi connectivity index (χ3v) is 4.33. The van der Waals surface area contributed by atoms with Gasteiger partial charge in [-0.1, -0.05) is 24.6 Å². The Balaban J connectivity index is 1.88. The first kappa shape index (κ1) is 14.1. The van der Waals surface area contributed by atoms with E-state index in [1.54, 1.807) is 0 Å². The highest BCUT2D eigenvalue weighted by Gasteiger charge is 2.19. The van der Waals surface area contributed by atoms with Crippen LogP contribution in [0.1, 0.15) is 30.3 Å². The summed E-state index contributed by atoms with van der Waals surface area (Å²) in [5, 5.41) is 0. The monoisotopic (exact) mass is 284 g/mol. The van der Waals surface area contributed by atoms with Gasteiger partial charge in [0.25, 0.3) is 0 Å². The number of aromatic nitrogens is 2. The van der Waals surface area contributed by atoms with Crippen molar-refractivity contribution in [3.63, 3.8) is 0 Å². The number of hydrogen-bond acceptors (Lipinski definition) is 3. The van der Waals surface area contributed by atoms with Crippen molar-refractivity contribution in [2.75, 3.05) is 11.4 Å². The lowest BCUT2D eigenvalue weighted by atomic mass is 10.00. The Morgan fingerprint density at radius 3 is 3.00 bits per heavy atom. The fourth-order valence-electron chi connectivity index (χ4n) is 2.99. The Morgan fingerprint density at radius 2 is 2.19 bits per heavy atom. The molecule has 0 amide bonds. The van der Waals surface area contributed by atoms with Gasteiger partial charge >= 0.3 is 0 Å². The average molecular weight is 284 g/mol. The summed E-state index contributed by atoms with van der Waals surface area (Å²) in [7, 11) is 0. The molecule has 112 valence electrons. The number of aryl methyl sites for hydroxylation is 1. The molecule has 4 heteroatoms. The molecular weight excluding hydrogens is 260 g/mol. The van der Waals surface area contributed by atoms with Gasteiger partial charge in [0.2, 0.25) is 0 Å².